The summed E-state index contributed by atoms with van der Waals surface area (Å²) in [5.41, 5.74) is 1.60. The smallest absolute Gasteiger partial charge is 0.181 e. The fraction of sp³-hybridized carbons (Fsp3) is 0.333. The fourth-order valence-corrected chi connectivity index (χ4v) is 0.119. The van der Waals surface area contributed by atoms with Crippen molar-refractivity contribution in [3.8, 4) is 0 Å². The minimum atomic E-state index is -0.875. The van der Waals surface area contributed by atoms with Crippen molar-refractivity contribution in [2.45, 2.75) is 6.17 Å². The van der Waals surface area contributed by atoms with Crippen LogP contribution in [0.2, 0.25) is 0 Å². The van der Waals surface area contributed by atoms with E-state index in [4.69, 9.17) is 5.21 Å². The maximum absolute atomic E-state index is 9.42. The van der Waals surface area contributed by atoms with Gasteiger partial charge in [-0.05, 0) is 11.3 Å². The van der Waals surface area contributed by atoms with Crippen molar-refractivity contribution in [2.75, 3.05) is 0 Å². The van der Waals surface area contributed by atoms with Gasteiger partial charge in [0.1, 0.15) is 0 Å². The summed E-state index contributed by atoms with van der Waals surface area (Å²) in [4.78, 5) is 9.42. The van der Waals surface area contributed by atoms with Crippen LogP contribution in [0.15, 0.2) is 17.8 Å². The normalized spacial score (nSPS) is 12.7. The largest absolute Gasteiger partial charge is 0.314 e. The summed E-state index contributed by atoms with van der Waals surface area (Å²) in [5.74, 6) is 0. The van der Waals surface area contributed by atoms with Gasteiger partial charge in [0.05, 0.1) is 0 Å². The Morgan fingerprint density at radius 3 is 2.57 bits per heavy atom. The highest BCUT2D eigenvalue weighted by atomic mass is 16.5. The van der Waals surface area contributed by atoms with Gasteiger partial charge in [0.2, 0.25) is 0 Å². The maximum Gasteiger partial charge on any atom is 0.181 e. The Bertz CT molecular complexity index is 65.3. The summed E-state index contributed by atoms with van der Waals surface area (Å²) in [7, 11) is 0. The van der Waals surface area contributed by atoms with Crippen LogP contribution in [-0.4, -0.2) is 11.4 Å². The molecule has 0 saturated heterocycles. The van der Waals surface area contributed by atoms with Crippen molar-refractivity contribution >= 4 is 0 Å². The zero-order valence-electron chi connectivity index (χ0n) is 3.66. The maximum atomic E-state index is 9.42. The molecule has 0 radical (unpaired) electrons. The molecule has 0 aromatic carbocycles. The lowest BCUT2D eigenvalue weighted by molar-refractivity contribution is 0.146. The predicted octanol–water partition coefficient (Wildman–Crippen LogP) is 0.244. The summed E-state index contributed by atoms with van der Waals surface area (Å²) in [6, 6.07) is 0. The minimum Gasteiger partial charge on any atom is -0.314 e. The second-order valence-corrected chi connectivity index (χ2v) is 0.915. The molecule has 0 spiro atoms. The number of hydrogen-bond acceptors (Lipinski definition) is 4. The molecule has 0 aromatic rings. The van der Waals surface area contributed by atoms with Gasteiger partial charge < -0.3 is 5.21 Å². The monoisotopic (exact) mass is 102 g/mol. The second kappa shape index (κ2) is 3.45. The van der Waals surface area contributed by atoms with Gasteiger partial charge >= 0.3 is 0 Å². The molecule has 4 nitrogen and oxygen atoms in total. The second-order valence-electron chi connectivity index (χ2n) is 0.915. The number of hydroxylamine groups is 1. The van der Waals surface area contributed by atoms with Gasteiger partial charge in [-0.2, -0.15) is 5.48 Å². The van der Waals surface area contributed by atoms with Crippen molar-refractivity contribution in [1.82, 2.24) is 5.48 Å². The van der Waals surface area contributed by atoms with Crippen LogP contribution in [0, 0.1) is 4.91 Å². The van der Waals surface area contributed by atoms with Crippen molar-refractivity contribution < 1.29 is 5.21 Å². The molecule has 2 N–H and O–H groups in total. The molecule has 0 bridgehead atoms. The summed E-state index contributed by atoms with van der Waals surface area (Å²) in [6.07, 6.45) is 0.312. The highest BCUT2D eigenvalue weighted by molar-refractivity contribution is 4.79. The third-order valence-electron chi connectivity index (χ3n) is 0.469. The standard InChI is InChI=1S/C3H6N2O2/c1-2-3(4-6)5-7/h2-4,6H,1H2. The summed E-state index contributed by atoms with van der Waals surface area (Å²) in [6.45, 7) is 3.19. The van der Waals surface area contributed by atoms with E-state index >= 15 is 0 Å². The van der Waals surface area contributed by atoms with Crippen LogP contribution in [0.25, 0.3) is 0 Å². The van der Waals surface area contributed by atoms with Gasteiger partial charge in [-0.3, -0.25) is 0 Å². The van der Waals surface area contributed by atoms with Gasteiger partial charge in [-0.15, -0.1) is 4.91 Å². The van der Waals surface area contributed by atoms with Gasteiger partial charge in [0.15, 0.2) is 6.17 Å². The SMILES string of the molecule is C=CC(N=O)NO. The van der Waals surface area contributed by atoms with Crippen LogP contribution in [0.5, 0.6) is 0 Å². The molecule has 0 aliphatic rings. The lowest BCUT2D eigenvalue weighted by atomic mass is 10.5. The number of nitrogens with one attached hydrogen (secondary N) is 1. The first-order valence-corrected chi connectivity index (χ1v) is 1.69. The van der Waals surface area contributed by atoms with Gasteiger partial charge in [-0.1, -0.05) is 6.58 Å². The van der Waals surface area contributed by atoms with Crippen LogP contribution in [0.3, 0.4) is 0 Å². The number of nitrogens with zero attached hydrogens (tertiary/aromatic N) is 1. The summed E-state index contributed by atoms with van der Waals surface area (Å²) in [5, 5.41) is 10.3. The molecule has 7 heavy (non-hydrogen) atoms. The Balaban J connectivity index is 3.36. The van der Waals surface area contributed by atoms with E-state index < -0.39 is 6.17 Å². The van der Waals surface area contributed by atoms with E-state index in [0.29, 0.717) is 0 Å². The Kier molecular flexibility index (Phi) is 3.09. The molecule has 0 aliphatic carbocycles. The first kappa shape index (κ1) is 6.26. The van der Waals surface area contributed by atoms with Gasteiger partial charge in [0, 0.05) is 0 Å². The highest BCUT2D eigenvalue weighted by Crippen LogP contribution is 1.80. The quantitative estimate of drug-likeness (QED) is 0.305. The topological polar surface area (TPSA) is 61.7 Å². The molecule has 1 unspecified atom stereocenters. The zero-order valence-corrected chi connectivity index (χ0v) is 3.66. The van der Waals surface area contributed by atoms with Crippen molar-refractivity contribution in [3.63, 3.8) is 0 Å². The number of hydrogen-bond donors (Lipinski definition) is 2. The fourth-order valence-electron chi connectivity index (χ4n) is 0.119. The van der Waals surface area contributed by atoms with E-state index in [1.807, 2.05) is 0 Å². The molecule has 0 rings (SSSR count). The van der Waals surface area contributed by atoms with Crippen LogP contribution in [-0.2, 0) is 0 Å². The molecular formula is C3H6N2O2. The Hall–Kier alpha value is -0.740. The van der Waals surface area contributed by atoms with E-state index in [1.54, 1.807) is 5.48 Å². The van der Waals surface area contributed by atoms with E-state index in [0.717, 1.165) is 0 Å². The van der Waals surface area contributed by atoms with Crippen LogP contribution >= 0.6 is 0 Å². The third kappa shape index (κ3) is 2.02. The number of nitroso groups, excluding NO2 is 1. The van der Waals surface area contributed by atoms with Crippen LogP contribution in [0.4, 0.5) is 0 Å². The highest BCUT2D eigenvalue weighted by Gasteiger charge is 1.94. The van der Waals surface area contributed by atoms with Crippen molar-refractivity contribution in [2.24, 2.45) is 5.18 Å². The average molecular weight is 102 g/mol. The lowest BCUT2D eigenvalue weighted by Gasteiger charge is -1.93. The Morgan fingerprint density at radius 2 is 2.57 bits per heavy atom. The van der Waals surface area contributed by atoms with E-state index in [2.05, 4.69) is 11.8 Å². The van der Waals surface area contributed by atoms with Crippen LogP contribution < -0.4 is 5.48 Å². The lowest BCUT2D eigenvalue weighted by Crippen LogP contribution is -2.19. The Labute approximate surface area is 40.8 Å². The number of rotatable bonds is 3. The zero-order chi connectivity index (χ0) is 5.70. The first-order chi connectivity index (χ1) is 3.35. The van der Waals surface area contributed by atoms with Gasteiger partial charge in [-0.25, -0.2) is 0 Å². The van der Waals surface area contributed by atoms with Gasteiger partial charge in [0.25, 0.3) is 0 Å². The molecule has 0 aliphatic heterocycles. The van der Waals surface area contributed by atoms with E-state index in [9.17, 15) is 4.91 Å². The van der Waals surface area contributed by atoms with Crippen LogP contribution in [0.1, 0.15) is 0 Å². The molecule has 0 saturated carbocycles. The molecule has 40 valence electrons. The molecular weight excluding hydrogens is 96.0 g/mol. The molecule has 1 atom stereocenters. The third-order valence-corrected chi connectivity index (χ3v) is 0.469. The molecule has 0 heterocycles. The first-order valence-electron chi connectivity index (χ1n) is 1.69. The average Bonchev–Trinajstić information content (AvgIpc) is 1.72. The van der Waals surface area contributed by atoms with E-state index in [-0.39, 0.29) is 0 Å². The Morgan fingerprint density at radius 1 is 2.00 bits per heavy atom. The van der Waals surface area contributed by atoms with Crippen molar-refractivity contribution in [1.29, 1.82) is 0 Å². The molecule has 0 aromatic heterocycles. The van der Waals surface area contributed by atoms with Crippen molar-refractivity contribution in [3.05, 3.63) is 17.6 Å². The molecule has 4 heteroatoms. The summed E-state index contributed by atoms with van der Waals surface area (Å²) >= 11 is 0. The predicted molar refractivity (Wildman–Crippen MR) is 24.7 cm³/mol. The summed E-state index contributed by atoms with van der Waals surface area (Å²) < 4.78 is 0. The molecule has 0 amide bonds. The molecule has 0 fully saturated rings. The van der Waals surface area contributed by atoms with E-state index in [1.165, 1.54) is 6.08 Å². The minimum absolute atomic E-state index is 0.875.